The quantitative estimate of drug-likeness (QED) is 0.180. The maximum Gasteiger partial charge on any atom is 0.356 e. The lowest BCUT2D eigenvalue weighted by molar-refractivity contribution is -0.138. The standard InChI is InChI=1S/C30H30N2O3.C5H10O2/c33-30(26-7-2-1-3-8-26)35-32-19-22-10-14-25(15-11-22)28-16-17-31-20-29(28)34-21-23-12-13-24-6-4-5-9-27(24)18-23;1-5(2,3)7-4-6/h1-15,18,28-29,31-32H,16-17,19-21H2;4H,1-3H3. The molecule has 2 unspecified atom stereocenters. The van der Waals surface area contributed by atoms with Crippen molar-refractivity contribution in [3.63, 3.8) is 0 Å². The van der Waals surface area contributed by atoms with Crippen molar-refractivity contribution < 1.29 is 23.9 Å². The highest BCUT2D eigenvalue weighted by Gasteiger charge is 2.27. The molecule has 1 aliphatic rings. The maximum absolute atomic E-state index is 12.1. The fraction of sp³-hybridized carbons (Fsp3) is 0.314. The molecule has 1 aliphatic heterocycles. The summed E-state index contributed by atoms with van der Waals surface area (Å²) >= 11 is 0. The Kier molecular flexibility index (Phi) is 11.2. The minimum atomic E-state index is -0.386. The van der Waals surface area contributed by atoms with Gasteiger partial charge in [0.2, 0.25) is 0 Å². The minimum Gasteiger partial charge on any atom is -0.462 e. The van der Waals surface area contributed by atoms with Gasteiger partial charge in [-0.3, -0.25) is 4.79 Å². The molecule has 220 valence electrons. The van der Waals surface area contributed by atoms with E-state index in [2.05, 4.69) is 82.3 Å². The molecule has 0 aromatic heterocycles. The van der Waals surface area contributed by atoms with E-state index in [0.717, 1.165) is 25.1 Å². The van der Waals surface area contributed by atoms with Gasteiger partial charge in [0.05, 0.1) is 24.8 Å². The Morgan fingerprint density at radius 1 is 0.905 bits per heavy atom. The molecule has 2 atom stereocenters. The Morgan fingerprint density at radius 3 is 2.29 bits per heavy atom. The Morgan fingerprint density at radius 2 is 1.60 bits per heavy atom. The first-order chi connectivity index (χ1) is 20.3. The van der Waals surface area contributed by atoms with Crippen LogP contribution in [0.3, 0.4) is 0 Å². The summed E-state index contributed by atoms with van der Waals surface area (Å²) in [4.78, 5) is 26.8. The van der Waals surface area contributed by atoms with Gasteiger partial charge in [-0.25, -0.2) is 4.79 Å². The molecule has 2 N–H and O–H groups in total. The summed E-state index contributed by atoms with van der Waals surface area (Å²) in [6.45, 7) is 8.80. The predicted octanol–water partition coefficient (Wildman–Crippen LogP) is 6.32. The second-order valence-electron chi connectivity index (χ2n) is 11.3. The molecular formula is C35H40N2O5. The number of benzene rings is 4. The van der Waals surface area contributed by atoms with Crippen LogP contribution in [0.15, 0.2) is 97.1 Å². The topological polar surface area (TPSA) is 85.9 Å². The lowest BCUT2D eigenvalue weighted by atomic mass is 9.87. The van der Waals surface area contributed by atoms with E-state index in [1.807, 2.05) is 39.0 Å². The van der Waals surface area contributed by atoms with Crippen LogP contribution in [0.1, 0.15) is 60.2 Å². The molecule has 0 saturated carbocycles. The highest BCUT2D eigenvalue weighted by molar-refractivity contribution is 5.89. The summed E-state index contributed by atoms with van der Waals surface area (Å²) in [6, 6.07) is 32.4. The zero-order valence-electron chi connectivity index (χ0n) is 24.5. The monoisotopic (exact) mass is 568 g/mol. The van der Waals surface area contributed by atoms with Crippen LogP contribution < -0.4 is 10.8 Å². The minimum absolute atomic E-state index is 0.117. The van der Waals surface area contributed by atoms with E-state index in [9.17, 15) is 9.59 Å². The molecule has 0 spiro atoms. The SMILES string of the molecule is CC(C)(C)OC=O.O=C(ONCc1ccc(C2CCNCC2OCc2ccc3ccccc3c2)cc1)c1ccccc1. The first-order valence-electron chi connectivity index (χ1n) is 14.3. The fourth-order valence-electron chi connectivity index (χ4n) is 4.76. The summed E-state index contributed by atoms with van der Waals surface area (Å²) in [7, 11) is 0. The van der Waals surface area contributed by atoms with Crippen molar-refractivity contribution in [2.24, 2.45) is 0 Å². The van der Waals surface area contributed by atoms with E-state index in [1.165, 1.54) is 21.9 Å². The number of hydrogen-bond donors (Lipinski definition) is 2. The zero-order valence-corrected chi connectivity index (χ0v) is 24.5. The molecule has 1 heterocycles. The summed E-state index contributed by atoms with van der Waals surface area (Å²) in [6.07, 6.45) is 1.15. The number of carbonyl (C=O) groups is 2. The van der Waals surface area contributed by atoms with Crippen LogP contribution in [0.2, 0.25) is 0 Å². The number of piperidine rings is 1. The molecule has 0 aliphatic carbocycles. The number of ether oxygens (including phenoxy) is 2. The molecule has 42 heavy (non-hydrogen) atoms. The number of hydroxylamine groups is 1. The summed E-state index contributed by atoms with van der Waals surface area (Å²) < 4.78 is 11.0. The largest absolute Gasteiger partial charge is 0.462 e. The van der Waals surface area contributed by atoms with E-state index in [4.69, 9.17) is 9.57 Å². The second-order valence-corrected chi connectivity index (χ2v) is 11.3. The van der Waals surface area contributed by atoms with Gasteiger partial charge in [-0.1, -0.05) is 78.9 Å². The van der Waals surface area contributed by atoms with Crippen molar-refractivity contribution in [2.75, 3.05) is 13.1 Å². The molecule has 0 radical (unpaired) electrons. The molecule has 4 aromatic carbocycles. The van der Waals surface area contributed by atoms with Crippen molar-refractivity contribution in [1.82, 2.24) is 10.8 Å². The molecule has 4 aromatic rings. The molecule has 0 amide bonds. The Bertz CT molecular complexity index is 1420. The van der Waals surface area contributed by atoms with Crippen molar-refractivity contribution in [3.05, 3.63) is 119 Å². The van der Waals surface area contributed by atoms with Gasteiger partial charge in [0.25, 0.3) is 6.47 Å². The van der Waals surface area contributed by atoms with Crippen molar-refractivity contribution in [3.8, 4) is 0 Å². The third-order valence-corrected chi connectivity index (χ3v) is 6.96. The summed E-state index contributed by atoms with van der Waals surface area (Å²) in [5.74, 6) is -0.0436. The number of rotatable bonds is 9. The lowest BCUT2D eigenvalue weighted by Gasteiger charge is -2.32. The molecule has 5 rings (SSSR count). The normalized spacial score (nSPS) is 16.6. The molecule has 7 nitrogen and oxygen atoms in total. The van der Waals surface area contributed by atoms with Crippen LogP contribution in [0.4, 0.5) is 0 Å². The fourth-order valence-corrected chi connectivity index (χ4v) is 4.76. The summed E-state index contributed by atoms with van der Waals surface area (Å²) in [5, 5.41) is 5.97. The highest BCUT2D eigenvalue weighted by Crippen LogP contribution is 2.29. The van der Waals surface area contributed by atoms with Crippen LogP contribution in [-0.4, -0.2) is 37.2 Å². The van der Waals surface area contributed by atoms with Gasteiger partial charge < -0.3 is 19.6 Å². The number of fused-ring (bicyclic) bond motifs is 1. The smallest absolute Gasteiger partial charge is 0.356 e. The molecule has 1 saturated heterocycles. The van der Waals surface area contributed by atoms with Gasteiger partial charge in [-0.05, 0) is 79.4 Å². The number of nitrogens with one attached hydrogen (secondary N) is 2. The third-order valence-electron chi connectivity index (χ3n) is 6.96. The third kappa shape index (κ3) is 9.52. The average molecular weight is 569 g/mol. The zero-order chi connectivity index (χ0) is 29.8. The predicted molar refractivity (Wildman–Crippen MR) is 165 cm³/mol. The van der Waals surface area contributed by atoms with E-state index in [1.54, 1.807) is 12.1 Å². The van der Waals surface area contributed by atoms with Crippen LogP contribution in [0, 0.1) is 0 Å². The summed E-state index contributed by atoms with van der Waals surface area (Å²) in [5.41, 5.74) is 6.51. The van der Waals surface area contributed by atoms with Crippen LogP contribution in [-0.2, 0) is 32.3 Å². The van der Waals surface area contributed by atoms with Gasteiger partial charge in [0.1, 0.15) is 5.60 Å². The van der Waals surface area contributed by atoms with Gasteiger partial charge in [0, 0.05) is 12.5 Å². The van der Waals surface area contributed by atoms with Gasteiger partial charge >= 0.3 is 5.97 Å². The maximum atomic E-state index is 12.1. The van der Waals surface area contributed by atoms with Gasteiger partial charge in [0.15, 0.2) is 0 Å². The number of hydrogen-bond acceptors (Lipinski definition) is 7. The first-order valence-corrected chi connectivity index (χ1v) is 14.3. The molecule has 7 heteroatoms. The molecular weight excluding hydrogens is 528 g/mol. The van der Waals surface area contributed by atoms with Crippen LogP contribution >= 0.6 is 0 Å². The highest BCUT2D eigenvalue weighted by atomic mass is 16.7. The van der Waals surface area contributed by atoms with Gasteiger partial charge in [-0.15, -0.1) is 5.48 Å². The van der Waals surface area contributed by atoms with E-state index in [-0.39, 0.29) is 17.7 Å². The van der Waals surface area contributed by atoms with E-state index >= 15 is 0 Å². The van der Waals surface area contributed by atoms with Crippen LogP contribution in [0.5, 0.6) is 0 Å². The van der Waals surface area contributed by atoms with Crippen molar-refractivity contribution in [2.45, 2.75) is 58.0 Å². The lowest BCUT2D eigenvalue weighted by Crippen LogP contribution is -2.41. The van der Waals surface area contributed by atoms with Crippen LogP contribution in [0.25, 0.3) is 10.8 Å². The second kappa shape index (κ2) is 15.3. The van der Waals surface area contributed by atoms with Crippen molar-refractivity contribution in [1.29, 1.82) is 0 Å². The Labute approximate surface area is 248 Å². The Balaban J connectivity index is 0.000000517. The first kappa shape index (κ1) is 30.9. The van der Waals surface area contributed by atoms with Crippen molar-refractivity contribution >= 4 is 23.2 Å². The molecule has 0 bridgehead atoms. The average Bonchev–Trinajstić information content (AvgIpc) is 3.00. The molecule has 1 fully saturated rings. The van der Waals surface area contributed by atoms with E-state index in [0.29, 0.717) is 31.1 Å². The number of carbonyl (C=O) groups excluding carboxylic acids is 2. The van der Waals surface area contributed by atoms with E-state index < -0.39 is 0 Å². The van der Waals surface area contributed by atoms with Gasteiger partial charge in [-0.2, -0.15) is 0 Å². The Hall–Kier alpha value is -4.04.